The van der Waals surface area contributed by atoms with Gasteiger partial charge in [-0.15, -0.1) is 0 Å². The van der Waals surface area contributed by atoms with Gasteiger partial charge < -0.3 is 11.1 Å². The molecule has 0 aliphatic heterocycles. The molecule has 0 atom stereocenters. The van der Waals surface area contributed by atoms with Crippen LogP contribution < -0.4 is 11.1 Å². The fourth-order valence-electron chi connectivity index (χ4n) is 0.792. The number of para-hydroxylation sites is 2. The minimum Gasteiger partial charge on any atom is -0.397 e. The SMILES string of the molecule is [N-]=[N+]=NC(=O)Nc1ccccc1N. The zero-order valence-corrected chi connectivity index (χ0v) is 6.64. The minimum absolute atomic E-state index is 0.420. The highest BCUT2D eigenvalue weighted by atomic mass is 16.2. The van der Waals surface area contributed by atoms with Gasteiger partial charge in [-0.05, 0) is 17.7 Å². The molecule has 0 bridgehead atoms. The van der Waals surface area contributed by atoms with E-state index in [4.69, 9.17) is 11.3 Å². The molecule has 13 heavy (non-hydrogen) atoms. The highest BCUT2D eigenvalue weighted by Crippen LogP contribution is 2.16. The van der Waals surface area contributed by atoms with Crippen molar-refractivity contribution in [3.63, 3.8) is 0 Å². The predicted octanol–water partition coefficient (Wildman–Crippen LogP) is 2.11. The summed E-state index contributed by atoms with van der Waals surface area (Å²) < 4.78 is 0. The quantitative estimate of drug-likeness (QED) is 0.297. The first kappa shape index (κ1) is 8.89. The van der Waals surface area contributed by atoms with Gasteiger partial charge in [-0.1, -0.05) is 12.1 Å². The number of carbonyl (C=O) groups excluding carboxylic acids is 1. The van der Waals surface area contributed by atoms with Gasteiger partial charge >= 0.3 is 6.03 Å². The van der Waals surface area contributed by atoms with Crippen molar-refractivity contribution in [2.24, 2.45) is 5.11 Å². The van der Waals surface area contributed by atoms with Crippen molar-refractivity contribution >= 4 is 17.4 Å². The average Bonchev–Trinajstić information content (AvgIpc) is 2.09. The molecule has 1 aromatic rings. The molecule has 0 aromatic heterocycles. The summed E-state index contributed by atoms with van der Waals surface area (Å²) in [4.78, 5) is 13.1. The lowest BCUT2D eigenvalue weighted by Gasteiger charge is -2.03. The second-order valence-electron chi connectivity index (χ2n) is 2.21. The van der Waals surface area contributed by atoms with Crippen LogP contribution in [0.5, 0.6) is 0 Å². The molecule has 0 spiro atoms. The van der Waals surface area contributed by atoms with E-state index < -0.39 is 6.03 Å². The van der Waals surface area contributed by atoms with Crippen molar-refractivity contribution in [1.29, 1.82) is 0 Å². The van der Waals surface area contributed by atoms with E-state index in [1.54, 1.807) is 24.3 Å². The van der Waals surface area contributed by atoms with E-state index in [2.05, 4.69) is 15.3 Å². The molecule has 2 amide bonds. The molecule has 0 aliphatic carbocycles. The summed E-state index contributed by atoms with van der Waals surface area (Å²) >= 11 is 0. The van der Waals surface area contributed by atoms with Gasteiger partial charge in [0.05, 0.1) is 11.4 Å². The van der Waals surface area contributed by atoms with Gasteiger partial charge in [-0.25, -0.2) is 0 Å². The standard InChI is InChI=1S/C7H7N5O/c8-5-3-1-2-4-6(5)10-7(13)11-12-9/h1-4H,8H2,(H,10,13). The van der Waals surface area contributed by atoms with E-state index in [-0.39, 0.29) is 0 Å². The van der Waals surface area contributed by atoms with Crippen molar-refractivity contribution in [2.75, 3.05) is 11.1 Å². The third-order valence-corrected chi connectivity index (χ3v) is 1.34. The number of rotatable bonds is 1. The van der Waals surface area contributed by atoms with Crippen LogP contribution in [0.2, 0.25) is 0 Å². The Morgan fingerprint density at radius 3 is 2.85 bits per heavy atom. The molecule has 0 saturated carbocycles. The molecular formula is C7H7N5O. The first-order valence-corrected chi connectivity index (χ1v) is 3.44. The lowest BCUT2D eigenvalue weighted by Crippen LogP contribution is -2.06. The Morgan fingerprint density at radius 2 is 2.23 bits per heavy atom. The number of urea groups is 1. The summed E-state index contributed by atoms with van der Waals surface area (Å²) in [7, 11) is 0. The van der Waals surface area contributed by atoms with Crippen LogP contribution in [-0.2, 0) is 0 Å². The third-order valence-electron chi connectivity index (χ3n) is 1.34. The predicted molar refractivity (Wildman–Crippen MR) is 49.0 cm³/mol. The number of amides is 2. The van der Waals surface area contributed by atoms with Crippen molar-refractivity contribution < 1.29 is 4.79 Å². The normalized spacial score (nSPS) is 8.62. The second-order valence-corrected chi connectivity index (χ2v) is 2.21. The average molecular weight is 177 g/mol. The van der Waals surface area contributed by atoms with Crippen molar-refractivity contribution in [1.82, 2.24) is 0 Å². The van der Waals surface area contributed by atoms with Crippen LogP contribution in [0.15, 0.2) is 29.4 Å². The van der Waals surface area contributed by atoms with E-state index in [1.165, 1.54) is 0 Å². The fraction of sp³-hybridized carbons (Fsp3) is 0. The third kappa shape index (κ3) is 2.39. The van der Waals surface area contributed by atoms with Gasteiger partial charge in [0.15, 0.2) is 0 Å². The molecule has 0 aliphatic rings. The number of azide groups is 1. The van der Waals surface area contributed by atoms with E-state index in [0.29, 0.717) is 11.4 Å². The van der Waals surface area contributed by atoms with Crippen LogP contribution in [0.1, 0.15) is 0 Å². The lowest BCUT2D eigenvalue weighted by molar-refractivity contribution is 0.259. The molecule has 0 saturated heterocycles. The number of nitrogens with zero attached hydrogens (tertiary/aromatic N) is 3. The summed E-state index contributed by atoms with van der Waals surface area (Å²) in [5.41, 5.74) is 14.3. The van der Waals surface area contributed by atoms with Crippen LogP contribution in [0.25, 0.3) is 10.4 Å². The first-order chi connectivity index (χ1) is 6.24. The summed E-state index contributed by atoms with van der Waals surface area (Å²) in [6, 6.07) is 5.91. The molecule has 0 fully saturated rings. The first-order valence-electron chi connectivity index (χ1n) is 3.44. The number of nitrogen functional groups attached to an aromatic ring is 1. The topological polar surface area (TPSA) is 104 Å². The molecule has 0 radical (unpaired) electrons. The molecule has 0 heterocycles. The summed E-state index contributed by atoms with van der Waals surface area (Å²) in [5, 5.41) is 5.16. The highest BCUT2D eigenvalue weighted by molar-refractivity contribution is 5.92. The van der Waals surface area contributed by atoms with Crippen LogP contribution in [0.4, 0.5) is 16.2 Å². The summed E-state index contributed by atoms with van der Waals surface area (Å²) in [6.45, 7) is 0. The number of carbonyl (C=O) groups is 1. The molecule has 1 aromatic carbocycles. The number of hydrogen-bond acceptors (Lipinski definition) is 2. The number of hydrogen-bond donors (Lipinski definition) is 2. The van der Waals surface area contributed by atoms with Crippen molar-refractivity contribution in [3.05, 3.63) is 34.7 Å². The Labute approximate surface area is 74.0 Å². The van der Waals surface area contributed by atoms with E-state index in [0.717, 1.165) is 0 Å². The van der Waals surface area contributed by atoms with Gasteiger partial charge in [0.1, 0.15) is 0 Å². The maximum absolute atomic E-state index is 10.8. The lowest BCUT2D eigenvalue weighted by atomic mass is 10.3. The van der Waals surface area contributed by atoms with Gasteiger partial charge in [-0.2, -0.15) is 0 Å². The maximum atomic E-state index is 10.8. The summed E-state index contributed by atoms with van der Waals surface area (Å²) in [5.74, 6) is 0. The molecule has 6 heteroatoms. The number of anilines is 2. The molecule has 1 rings (SSSR count). The molecule has 6 nitrogen and oxygen atoms in total. The molecule has 66 valence electrons. The van der Waals surface area contributed by atoms with Crippen LogP contribution in [-0.4, -0.2) is 6.03 Å². The monoisotopic (exact) mass is 177 g/mol. The smallest absolute Gasteiger partial charge is 0.312 e. The maximum Gasteiger partial charge on any atom is 0.312 e. The second kappa shape index (κ2) is 3.99. The van der Waals surface area contributed by atoms with E-state index in [1.807, 2.05) is 0 Å². The van der Waals surface area contributed by atoms with Gasteiger partial charge in [-0.3, -0.25) is 4.79 Å². The van der Waals surface area contributed by atoms with Gasteiger partial charge in [0.2, 0.25) is 0 Å². The van der Waals surface area contributed by atoms with Crippen molar-refractivity contribution in [3.8, 4) is 0 Å². The Balaban J connectivity index is 2.80. The van der Waals surface area contributed by atoms with Crippen LogP contribution in [0, 0.1) is 0 Å². The van der Waals surface area contributed by atoms with E-state index >= 15 is 0 Å². The van der Waals surface area contributed by atoms with E-state index in [9.17, 15) is 4.79 Å². The summed E-state index contributed by atoms with van der Waals surface area (Å²) in [6.07, 6.45) is 0. The molecule has 0 unspecified atom stereocenters. The van der Waals surface area contributed by atoms with Gasteiger partial charge in [0.25, 0.3) is 0 Å². The van der Waals surface area contributed by atoms with Crippen LogP contribution >= 0.6 is 0 Å². The Kier molecular flexibility index (Phi) is 2.73. The Bertz CT molecular complexity index is 369. The largest absolute Gasteiger partial charge is 0.397 e. The number of nitrogens with two attached hydrogens (primary N) is 1. The van der Waals surface area contributed by atoms with Crippen molar-refractivity contribution in [2.45, 2.75) is 0 Å². The zero-order chi connectivity index (χ0) is 9.68. The number of nitrogens with one attached hydrogen (secondary N) is 1. The molecular weight excluding hydrogens is 170 g/mol. The van der Waals surface area contributed by atoms with Gasteiger partial charge in [0, 0.05) is 10.0 Å². The minimum atomic E-state index is -0.777. The fourth-order valence-corrected chi connectivity index (χ4v) is 0.792. The zero-order valence-electron chi connectivity index (χ0n) is 6.64. The number of benzene rings is 1. The highest BCUT2D eigenvalue weighted by Gasteiger charge is 2.00. The Morgan fingerprint density at radius 1 is 1.54 bits per heavy atom. The molecule has 3 N–H and O–H groups in total. The Hall–Kier alpha value is -2.20. The van der Waals surface area contributed by atoms with Crippen LogP contribution in [0.3, 0.4) is 0 Å².